The van der Waals surface area contributed by atoms with Crippen LogP contribution in [0, 0.1) is 5.82 Å². The van der Waals surface area contributed by atoms with E-state index in [1.165, 1.54) is 40.9 Å². The highest BCUT2D eigenvalue weighted by atomic mass is 35.5. The molecular formula is C19H20ClFN4O3S2. The van der Waals surface area contributed by atoms with Crippen molar-refractivity contribution in [3.8, 4) is 0 Å². The molecule has 0 aliphatic carbocycles. The van der Waals surface area contributed by atoms with Crippen molar-refractivity contribution in [1.29, 1.82) is 0 Å². The van der Waals surface area contributed by atoms with E-state index in [1.807, 2.05) is 11.5 Å². The summed E-state index contributed by atoms with van der Waals surface area (Å²) < 4.78 is 39.0. The maximum absolute atomic E-state index is 14.0. The molecule has 160 valence electrons. The minimum Gasteiger partial charge on any atom is -0.341 e. The molecule has 0 unspecified atom stereocenters. The summed E-state index contributed by atoms with van der Waals surface area (Å²) in [5.41, 5.74) is 1.48. The van der Waals surface area contributed by atoms with Gasteiger partial charge in [-0.3, -0.25) is 4.79 Å². The first kappa shape index (κ1) is 22.5. The van der Waals surface area contributed by atoms with Gasteiger partial charge < -0.3 is 9.47 Å². The Hall–Kier alpha value is -2.14. The number of halogens is 2. The van der Waals surface area contributed by atoms with Crippen molar-refractivity contribution in [2.24, 2.45) is 5.14 Å². The number of carbonyl (C=O) groups excluding carboxylic acids is 1. The van der Waals surface area contributed by atoms with Gasteiger partial charge in [0, 0.05) is 30.7 Å². The number of fused-ring (bicyclic) bond motifs is 1. The SMILES string of the molecule is CCn1c(SCC(=O)N(C)Cc2c(F)cccc2Cl)nc2cc(S(N)(=O)=O)ccc21. The van der Waals surface area contributed by atoms with Gasteiger partial charge in [-0.1, -0.05) is 29.4 Å². The van der Waals surface area contributed by atoms with E-state index in [4.69, 9.17) is 16.7 Å². The fourth-order valence-electron chi connectivity index (χ4n) is 2.93. The molecule has 1 heterocycles. The number of rotatable bonds is 7. The number of carbonyl (C=O) groups is 1. The average molecular weight is 471 g/mol. The Bertz CT molecular complexity index is 1190. The molecule has 0 saturated heterocycles. The van der Waals surface area contributed by atoms with Crippen LogP contribution in [0.2, 0.25) is 5.02 Å². The van der Waals surface area contributed by atoms with Gasteiger partial charge in [0.2, 0.25) is 15.9 Å². The van der Waals surface area contributed by atoms with Gasteiger partial charge in [-0.15, -0.1) is 0 Å². The van der Waals surface area contributed by atoms with Gasteiger partial charge in [0.1, 0.15) is 5.82 Å². The first-order valence-corrected chi connectivity index (χ1v) is 11.9. The zero-order valence-corrected chi connectivity index (χ0v) is 18.7. The van der Waals surface area contributed by atoms with Crippen molar-refractivity contribution in [2.45, 2.75) is 30.1 Å². The lowest BCUT2D eigenvalue weighted by atomic mass is 10.2. The number of thioether (sulfide) groups is 1. The monoisotopic (exact) mass is 470 g/mol. The van der Waals surface area contributed by atoms with Crippen LogP contribution in [-0.4, -0.2) is 41.6 Å². The van der Waals surface area contributed by atoms with Crippen LogP contribution in [0.4, 0.5) is 4.39 Å². The Labute approximate surface area is 183 Å². The topological polar surface area (TPSA) is 98.3 Å². The molecule has 3 aromatic rings. The van der Waals surface area contributed by atoms with Crippen LogP contribution in [-0.2, 0) is 27.9 Å². The van der Waals surface area contributed by atoms with E-state index in [2.05, 4.69) is 4.98 Å². The van der Waals surface area contributed by atoms with Gasteiger partial charge in [-0.25, -0.2) is 22.9 Å². The molecule has 0 radical (unpaired) electrons. The van der Waals surface area contributed by atoms with Gasteiger partial charge in [-0.05, 0) is 37.3 Å². The van der Waals surface area contributed by atoms with Crippen molar-refractivity contribution in [2.75, 3.05) is 12.8 Å². The molecule has 30 heavy (non-hydrogen) atoms. The number of sulfonamides is 1. The molecular weight excluding hydrogens is 451 g/mol. The summed E-state index contributed by atoms with van der Waals surface area (Å²) in [6, 6.07) is 8.87. The summed E-state index contributed by atoms with van der Waals surface area (Å²) in [6.45, 7) is 2.56. The van der Waals surface area contributed by atoms with Crippen molar-refractivity contribution < 1.29 is 17.6 Å². The van der Waals surface area contributed by atoms with E-state index in [9.17, 15) is 17.6 Å². The third kappa shape index (κ3) is 4.77. The number of aryl methyl sites for hydroxylation is 1. The lowest BCUT2D eigenvalue weighted by Crippen LogP contribution is -2.28. The molecule has 0 saturated carbocycles. The lowest BCUT2D eigenvalue weighted by molar-refractivity contribution is -0.127. The van der Waals surface area contributed by atoms with E-state index >= 15 is 0 Å². The van der Waals surface area contributed by atoms with Gasteiger partial charge >= 0.3 is 0 Å². The molecule has 0 fully saturated rings. The largest absolute Gasteiger partial charge is 0.341 e. The van der Waals surface area contributed by atoms with Crippen molar-refractivity contribution in [1.82, 2.24) is 14.5 Å². The fraction of sp³-hybridized carbons (Fsp3) is 0.263. The maximum atomic E-state index is 14.0. The first-order chi connectivity index (χ1) is 14.1. The smallest absolute Gasteiger partial charge is 0.238 e. The van der Waals surface area contributed by atoms with E-state index in [0.717, 1.165) is 5.52 Å². The van der Waals surface area contributed by atoms with Crippen LogP contribution < -0.4 is 5.14 Å². The Balaban J connectivity index is 1.76. The number of imidazole rings is 1. The van der Waals surface area contributed by atoms with Crippen LogP contribution in [0.3, 0.4) is 0 Å². The highest BCUT2D eigenvalue weighted by Crippen LogP contribution is 2.26. The van der Waals surface area contributed by atoms with Gasteiger partial charge in [0.15, 0.2) is 5.16 Å². The second-order valence-corrected chi connectivity index (χ2v) is 9.48. The zero-order chi connectivity index (χ0) is 22.1. The van der Waals surface area contributed by atoms with Crippen LogP contribution >= 0.6 is 23.4 Å². The minimum atomic E-state index is -3.84. The molecule has 2 N–H and O–H groups in total. The molecule has 3 rings (SSSR count). The van der Waals surface area contributed by atoms with Gasteiger partial charge in [-0.2, -0.15) is 0 Å². The quantitative estimate of drug-likeness (QED) is 0.534. The molecule has 11 heteroatoms. The standard InChI is InChI=1S/C19H20ClFN4O3S2/c1-3-25-17-8-7-12(30(22,27)28)9-16(17)23-19(25)29-11-18(26)24(2)10-13-14(20)5-4-6-15(13)21/h4-9H,3,10-11H2,1-2H3,(H2,22,27,28). The van der Waals surface area contributed by atoms with E-state index in [1.54, 1.807) is 19.2 Å². The van der Waals surface area contributed by atoms with E-state index < -0.39 is 15.8 Å². The molecule has 1 amide bonds. The molecule has 0 atom stereocenters. The van der Waals surface area contributed by atoms with Crippen molar-refractivity contribution in [3.63, 3.8) is 0 Å². The molecule has 2 aromatic carbocycles. The molecule has 0 aliphatic rings. The first-order valence-electron chi connectivity index (χ1n) is 8.94. The Morgan fingerprint density at radius 1 is 1.33 bits per heavy atom. The number of hydrogen-bond acceptors (Lipinski definition) is 5. The summed E-state index contributed by atoms with van der Waals surface area (Å²) >= 11 is 7.25. The number of nitrogens with zero attached hydrogens (tertiary/aromatic N) is 3. The Morgan fingerprint density at radius 3 is 2.70 bits per heavy atom. The van der Waals surface area contributed by atoms with Crippen LogP contribution in [0.1, 0.15) is 12.5 Å². The second-order valence-electron chi connectivity index (χ2n) is 6.57. The molecule has 1 aromatic heterocycles. The molecule has 0 aliphatic heterocycles. The van der Waals surface area contributed by atoms with Crippen molar-refractivity contribution >= 4 is 50.3 Å². The van der Waals surface area contributed by atoms with E-state index in [0.29, 0.717) is 17.2 Å². The van der Waals surface area contributed by atoms with Crippen LogP contribution in [0.15, 0.2) is 46.5 Å². The van der Waals surface area contributed by atoms with Crippen molar-refractivity contribution in [3.05, 3.63) is 52.8 Å². The third-order valence-electron chi connectivity index (χ3n) is 4.54. The third-order valence-corrected chi connectivity index (χ3v) is 6.76. The molecule has 0 spiro atoms. The summed E-state index contributed by atoms with van der Waals surface area (Å²) in [6.07, 6.45) is 0. The summed E-state index contributed by atoms with van der Waals surface area (Å²) in [5, 5.41) is 6.03. The van der Waals surface area contributed by atoms with Crippen LogP contribution in [0.25, 0.3) is 11.0 Å². The lowest BCUT2D eigenvalue weighted by Gasteiger charge is -2.18. The normalized spacial score (nSPS) is 11.8. The Kier molecular flexibility index (Phi) is 6.71. The number of aromatic nitrogens is 2. The maximum Gasteiger partial charge on any atom is 0.238 e. The summed E-state index contributed by atoms with van der Waals surface area (Å²) in [7, 11) is -2.26. The number of primary sulfonamides is 1. The van der Waals surface area contributed by atoms with Gasteiger partial charge in [0.25, 0.3) is 0 Å². The minimum absolute atomic E-state index is 0.0233. The number of nitrogens with two attached hydrogens (primary N) is 1. The summed E-state index contributed by atoms with van der Waals surface area (Å²) in [4.78, 5) is 18.4. The van der Waals surface area contributed by atoms with Gasteiger partial charge in [0.05, 0.1) is 21.7 Å². The summed E-state index contributed by atoms with van der Waals surface area (Å²) in [5.74, 6) is -0.610. The van der Waals surface area contributed by atoms with Crippen LogP contribution in [0.5, 0.6) is 0 Å². The average Bonchev–Trinajstić information content (AvgIpc) is 3.04. The predicted octanol–water partition coefficient (Wildman–Crippen LogP) is 3.25. The number of benzene rings is 2. The molecule has 7 nitrogen and oxygen atoms in total. The number of amides is 1. The predicted molar refractivity (Wildman–Crippen MR) is 115 cm³/mol. The highest BCUT2D eigenvalue weighted by molar-refractivity contribution is 7.99. The van der Waals surface area contributed by atoms with E-state index in [-0.39, 0.29) is 33.7 Å². The molecule has 0 bridgehead atoms. The second kappa shape index (κ2) is 8.93. The highest BCUT2D eigenvalue weighted by Gasteiger charge is 2.18. The zero-order valence-electron chi connectivity index (χ0n) is 16.3. The Morgan fingerprint density at radius 2 is 2.07 bits per heavy atom. The fourth-order valence-corrected chi connectivity index (χ4v) is 4.70. The number of hydrogen-bond donors (Lipinski definition) is 1.